The Morgan fingerprint density at radius 2 is 1.96 bits per heavy atom. The van der Waals surface area contributed by atoms with E-state index in [1.54, 1.807) is 12.3 Å². The summed E-state index contributed by atoms with van der Waals surface area (Å²) in [7, 11) is 0. The third kappa shape index (κ3) is 4.81. The molecule has 2 N–H and O–H groups in total. The summed E-state index contributed by atoms with van der Waals surface area (Å²) in [5.41, 5.74) is 4.42. The first kappa shape index (κ1) is 17.0. The first-order valence-electron chi connectivity index (χ1n) is 8.05. The van der Waals surface area contributed by atoms with E-state index in [0.29, 0.717) is 11.6 Å². The summed E-state index contributed by atoms with van der Waals surface area (Å²) in [4.78, 5) is 16.5. The molecule has 1 amide bonds. The topological polar surface area (TPSA) is 54.0 Å². The van der Waals surface area contributed by atoms with Crippen molar-refractivity contribution in [2.45, 2.75) is 34.1 Å². The molecule has 0 fully saturated rings. The lowest BCUT2D eigenvalue weighted by Crippen LogP contribution is -2.15. The molecule has 0 aliphatic carbocycles. The maximum Gasteiger partial charge on any atom is 0.274 e. The van der Waals surface area contributed by atoms with Crippen LogP contribution in [0.3, 0.4) is 0 Å². The predicted octanol–water partition coefficient (Wildman–Crippen LogP) is 4.41. The van der Waals surface area contributed by atoms with Crippen molar-refractivity contribution in [3.63, 3.8) is 0 Å². The molecule has 1 aromatic carbocycles. The summed E-state index contributed by atoms with van der Waals surface area (Å²) in [6.45, 7) is 9.33. The Labute approximate surface area is 138 Å². The molecular weight excluding hydrogens is 286 g/mol. The highest BCUT2D eigenvalue weighted by Crippen LogP contribution is 2.18. The van der Waals surface area contributed by atoms with Gasteiger partial charge in [-0.3, -0.25) is 4.79 Å². The van der Waals surface area contributed by atoms with Crippen molar-refractivity contribution in [3.8, 4) is 0 Å². The summed E-state index contributed by atoms with van der Waals surface area (Å²) in [5, 5.41) is 6.24. The zero-order valence-electron chi connectivity index (χ0n) is 14.3. The number of pyridine rings is 1. The minimum atomic E-state index is -0.188. The number of hydrogen-bond donors (Lipinski definition) is 2. The smallest absolute Gasteiger partial charge is 0.274 e. The normalized spacial score (nSPS) is 10.7. The number of nitrogens with one attached hydrogen (secondary N) is 2. The second-order valence-electron chi connectivity index (χ2n) is 6.24. The van der Waals surface area contributed by atoms with E-state index < -0.39 is 0 Å². The van der Waals surface area contributed by atoms with E-state index in [-0.39, 0.29) is 5.91 Å². The van der Waals surface area contributed by atoms with Crippen LogP contribution in [0.1, 0.15) is 41.9 Å². The molecule has 0 spiro atoms. The van der Waals surface area contributed by atoms with E-state index in [1.165, 1.54) is 0 Å². The minimum absolute atomic E-state index is 0.188. The first-order valence-corrected chi connectivity index (χ1v) is 8.05. The van der Waals surface area contributed by atoms with Gasteiger partial charge in [0.05, 0.1) is 11.9 Å². The fraction of sp³-hybridized carbons (Fsp3) is 0.368. The number of rotatable bonds is 6. The highest BCUT2D eigenvalue weighted by molar-refractivity contribution is 6.03. The van der Waals surface area contributed by atoms with Gasteiger partial charge in [0.1, 0.15) is 5.69 Å². The van der Waals surface area contributed by atoms with Gasteiger partial charge in [0.25, 0.3) is 5.91 Å². The number of carbonyl (C=O) groups excluding carboxylic acids is 1. The Morgan fingerprint density at radius 1 is 1.17 bits per heavy atom. The van der Waals surface area contributed by atoms with Crippen LogP contribution in [0.2, 0.25) is 0 Å². The number of nitrogens with zero attached hydrogens (tertiary/aromatic N) is 1. The molecule has 4 nitrogen and oxygen atoms in total. The van der Waals surface area contributed by atoms with Crippen LogP contribution in [0.25, 0.3) is 0 Å². The molecule has 1 aromatic heterocycles. The average molecular weight is 311 g/mol. The van der Waals surface area contributed by atoms with E-state index >= 15 is 0 Å². The third-order valence-electron chi connectivity index (χ3n) is 3.90. The minimum Gasteiger partial charge on any atom is -0.384 e. The van der Waals surface area contributed by atoms with Gasteiger partial charge in [-0.2, -0.15) is 0 Å². The van der Waals surface area contributed by atoms with Crippen molar-refractivity contribution >= 4 is 17.3 Å². The zero-order valence-corrected chi connectivity index (χ0v) is 14.3. The highest BCUT2D eigenvalue weighted by atomic mass is 16.1. The molecule has 122 valence electrons. The molecule has 2 aromatic rings. The maximum absolute atomic E-state index is 12.3. The lowest BCUT2D eigenvalue weighted by molar-refractivity contribution is 0.102. The Bertz CT molecular complexity index is 663. The van der Waals surface area contributed by atoms with E-state index in [2.05, 4.69) is 29.5 Å². The lowest BCUT2D eigenvalue weighted by Gasteiger charge is -2.11. The Hall–Kier alpha value is -2.36. The molecule has 0 aliphatic heterocycles. The molecule has 1 heterocycles. The number of aromatic nitrogens is 1. The number of aryl methyl sites for hydroxylation is 1. The van der Waals surface area contributed by atoms with Gasteiger partial charge in [-0.25, -0.2) is 4.98 Å². The van der Waals surface area contributed by atoms with Crippen LogP contribution in [-0.2, 0) is 0 Å². The molecular formula is C19H25N3O. The largest absolute Gasteiger partial charge is 0.384 e. The number of carbonyl (C=O) groups is 1. The van der Waals surface area contributed by atoms with E-state index in [9.17, 15) is 4.79 Å². The first-order chi connectivity index (χ1) is 11.0. The Balaban J connectivity index is 1.98. The van der Waals surface area contributed by atoms with Crippen molar-refractivity contribution in [3.05, 3.63) is 53.3 Å². The Morgan fingerprint density at radius 3 is 2.61 bits per heavy atom. The van der Waals surface area contributed by atoms with Crippen molar-refractivity contribution < 1.29 is 4.79 Å². The van der Waals surface area contributed by atoms with Gasteiger partial charge in [0.15, 0.2) is 0 Å². The third-order valence-corrected chi connectivity index (χ3v) is 3.90. The molecule has 0 bridgehead atoms. The van der Waals surface area contributed by atoms with E-state index in [4.69, 9.17) is 0 Å². The number of hydrogen-bond acceptors (Lipinski definition) is 3. The summed E-state index contributed by atoms with van der Waals surface area (Å²) in [5.74, 6) is 0.477. The van der Waals surface area contributed by atoms with Crippen LogP contribution in [0.15, 0.2) is 36.5 Å². The quantitative estimate of drug-likeness (QED) is 0.831. The molecule has 0 atom stereocenters. The van der Waals surface area contributed by atoms with Crippen LogP contribution in [0, 0.1) is 19.8 Å². The molecule has 0 radical (unpaired) electrons. The molecule has 2 rings (SSSR count). The molecule has 0 unspecified atom stereocenters. The Kier molecular flexibility index (Phi) is 5.74. The van der Waals surface area contributed by atoms with Crippen LogP contribution in [0.4, 0.5) is 11.4 Å². The van der Waals surface area contributed by atoms with Gasteiger partial charge in [-0.1, -0.05) is 26.0 Å². The second-order valence-corrected chi connectivity index (χ2v) is 6.24. The van der Waals surface area contributed by atoms with Gasteiger partial charge in [0, 0.05) is 12.2 Å². The number of anilines is 2. The maximum atomic E-state index is 12.3. The fourth-order valence-corrected chi connectivity index (χ4v) is 2.21. The van der Waals surface area contributed by atoms with Crippen molar-refractivity contribution in [2.75, 3.05) is 17.2 Å². The van der Waals surface area contributed by atoms with Gasteiger partial charge in [-0.15, -0.1) is 0 Å². The van der Waals surface area contributed by atoms with Crippen LogP contribution >= 0.6 is 0 Å². The molecule has 0 saturated carbocycles. The van der Waals surface area contributed by atoms with Gasteiger partial charge in [-0.05, 0) is 55.5 Å². The summed E-state index contributed by atoms with van der Waals surface area (Å²) < 4.78 is 0. The standard InChI is InChI=1S/C19H25N3O/c1-13(2)10-11-20-16-8-9-18(21-12-16)19(23)22-17-7-5-6-14(3)15(17)4/h5-9,12-13,20H,10-11H2,1-4H3,(H,22,23). The SMILES string of the molecule is Cc1cccc(NC(=O)c2ccc(NCCC(C)C)cn2)c1C. The van der Waals surface area contributed by atoms with Gasteiger partial charge in [0.2, 0.25) is 0 Å². The predicted molar refractivity (Wildman–Crippen MR) is 96.1 cm³/mol. The zero-order chi connectivity index (χ0) is 16.8. The van der Waals surface area contributed by atoms with Gasteiger partial charge < -0.3 is 10.6 Å². The fourth-order valence-electron chi connectivity index (χ4n) is 2.21. The van der Waals surface area contributed by atoms with E-state index in [0.717, 1.165) is 35.5 Å². The van der Waals surface area contributed by atoms with Crippen molar-refractivity contribution in [1.82, 2.24) is 4.98 Å². The molecule has 4 heteroatoms. The van der Waals surface area contributed by atoms with Crippen molar-refractivity contribution in [2.24, 2.45) is 5.92 Å². The van der Waals surface area contributed by atoms with Gasteiger partial charge >= 0.3 is 0 Å². The number of amides is 1. The molecule has 0 aliphatic rings. The summed E-state index contributed by atoms with van der Waals surface area (Å²) in [6.07, 6.45) is 2.81. The van der Waals surface area contributed by atoms with Crippen LogP contribution in [-0.4, -0.2) is 17.4 Å². The lowest BCUT2D eigenvalue weighted by atomic mass is 10.1. The summed E-state index contributed by atoms with van der Waals surface area (Å²) in [6, 6.07) is 9.51. The van der Waals surface area contributed by atoms with Crippen LogP contribution in [0.5, 0.6) is 0 Å². The average Bonchev–Trinajstić information content (AvgIpc) is 2.52. The van der Waals surface area contributed by atoms with Crippen molar-refractivity contribution in [1.29, 1.82) is 0 Å². The van der Waals surface area contributed by atoms with Crippen LogP contribution < -0.4 is 10.6 Å². The number of benzene rings is 1. The summed E-state index contributed by atoms with van der Waals surface area (Å²) >= 11 is 0. The molecule has 0 saturated heterocycles. The van der Waals surface area contributed by atoms with E-state index in [1.807, 2.05) is 38.1 Å². The molecule has 23 heavy (non-hydrogen) atoms. The highest BCUT2D eigenvalue weighted by Gasteiger charge is 2.09. The monoisotopic (exact) mass is 311 g/mol. The second kappa shape index (κ2) is 7.77.